The molecule has 0 saturated heterocycles. The van der Waals surface area contributed by atoms with Crippen LogP contribution in [0, 0.1) is 0 Å². The Hall–Kier alpha value is -3.51. The molecule has 1 aromatic heterocycles. The lowest BCUT2D eigenvalue weighted by atomic mass is 9.92. The molecule has 160 valence electrons. The average molecular weight is 420 g/mol. The van der Waals surface area contributed by atoms with Crippen molar-refractivity contribution < 1.29 is 24.5 Å². The minimum atomic E-state index is -0.878. The maximum Gasteiger partial charge on any atom is 0.204 e. The number of hydrogen-bond donors (Lipinski definition) is 3. The summed E-state index contributed by atoms with van der Waals surface area (Å²) < 4.78 is 12.0. The summed E-state index contributed by atoms with van der Waals surface area (Å²) in [6.45, 7) is 9.26. The number of ether oxygens (including phenoxy) is 1. The van der Waals surface area contributed by atoms with E-state index in [1.54, 1.807) is 31.2 Å². The Bertz CT molecular complexity index is 1280. The van der Waals surface area contributed by atoms with E-state index in [0.29, 0.717) is 28.0 Å². The van der Waals surface area contributed by atoms with Gasteiger partial charge in [0.05, 0.1) is 17.2 Å². The fourth-order valence-corrected chi connectivity index (χ4v) is 3.66. The highest BCUT2D eigenvalue weighted by Crippen LogP contribution is 2.45. The number of phenolic OH excluding ortho intramolecular Hbond substituents is 2. The van der Waals surface area contributed by atoms with Crippen LogP contribution in [0.2, 0.25) is 0 Å². The van der Waals surface area contributed by atoms with Gasteiger partial charge in [-0.2, -0.15) is 0 Å². The van der Waals surface area contributed by atoms with E-state index in [0.717, 1.165) is 0 Å². The van der Waals surface area contributed by atoms with Crippen molar-refractivity contribution in [1.82, 2.24) is 0 Å². The van der Waals surface area contributed by atoms with Crippen molar-refractivity contribution in [3.63, 3.8) is 0 Å². The van der Waals surface area contributed by atoms with Crippen molar-refractivity contribution in [2.75, 3.05) is 0 Å². The van der Waals surface area contributed by atoms with Crippen LogP contribution in [0.25, 0.3) is 28.2 Å². The van der Waals surface area contributed by atoms with Gasteiger partial charge in [0, 0.05) is 12.0 Å². The minimum absolute atomic E-state index is 0.0150. The van der Waals surface area contributed by atoms with Gasteiger partial charge < -0.3 is 24.5 Å². The Morgan fingerprint density at radius 3 is 2.52 bits per heavy atom. The molecular weight excluding hydrogens is 396 g/mol. The van der Waals surface area contributed by atoms with E-state index in [-0.39, 0.29) is 34.5 Å². The van der Waals surface area contributed by atoms with Gasteiger partial charge in [0.2, 0.25) is 5.43 Å². The monoisotopic (exact) mass is 420 g/mol. The van der Waals surface area contributed by atoms with Crippen molar-refractivity contribution in [3.8, 4) is 28.4 Å². The second kappa shape index (κ2) is 7.32. The summed E-state index contributed by atoms with van der Waals surface area (Å²) in [6, 6.07) is 6.14. The van der Waals surface area contributed by atoms with Gasteiger partial charge in [-0.05, 0) is 50.6 Å². The third-order valence-corrected chi connectivity index (χ3v) is 5.44. The van der Waals surface area contributed by atoms with Crippen molar-refractivity contribution in [2.24, 2.45) is 0 Å². The number of rotatable bonds is 4. The molecule has 0 radical (unpaired) electrons. The summed E-state index contributed by atoms with van der Waals surface area (Å²) in [6.07, 6.45) is 4.07. The molecule has 0 saturated carbocycles. The van der Waals surface area contributed by atoms with Crippen LogP contribution in [0.1, 0.15) is 31.9 Å². The molecule has 6 heteroatoms. The van der Waals surface area contributed by atoms with Gasteiger partial charge >= 0.3 is 0 Å². The first kappa shape index (κ1) is 20.8. The molecule has 0 bridgehead atoms. The third-order valence-electron chi connectivity index (χ3n) is 5.44. The molecule has 3 aromatic rings. The molecule has 1 unspecified atom stereocenters. The standard InChI is InChI=1S/C25H24O6/c1-13(2)19(27)11-17-23-16(9-10-25(3,4)31-23)21(28)20-22(29)18(12-30-24(17)20)14-5-7-15(26)8-6-14/h5-10,12,19,26-28H,1,11H2,2-4H3. The van der Waals surface area contributed by atoms with Gasteiger partial charge in [-0.15, -0.1) is 0 Å². The fraction of sp³-hybridized carbons (Fsp3) is 0.240. The van der Waals surface area contributed by atoms with Gasteiger partial charge in [-0.25, -0.2) is 0 Å². The predicted molar refractivity (Wildman–Crippen MR) is 120 cm³/mol. The first-order valence-electron chi connectivity index (χ1n) is 9.93. The molecule has 4 rings (SSSR count). The van der Waals surface area contributed by atoms with Gasteiger partial charge in [0.15, 0.2) is 0 Å². The Labute approximate surface area is 179 Å². The maximum absolute atomic E-state index is 13.4. The quantitative estimate of drug-likeness (QED) is 0.536. The second-order valence-electron chi connectivity index (χ2n) is 8.40. The Balaban J connectivity index is 2.04. The number of aliphatic hydroxyl groups is 1. The van der Waals surface area contributed by atoms with Gasteiger partial charge in [-0.3, -0.25) is 4.79 Å². The molecule has 0 aliphatic carbocycles. The number of benzene rings is 2. The van der Waals surface area contributed by atoms with E-state index < -0.39 is 17.1 Å². The lowest BCUT2D eigenvalue weighted by Crippen LogP contribution is -2.29. The molecule has 0 amide bonds. The predicted octanol–water partition coefficient (Wildman–Crippen LogP) is 4.53. The molecule has 1 aliphatic heterocycles. The smallest absolute Gasteiger partial charge is 0.204 e. The summed E-state index contributed by atoms with van der Waals surface area (Å²) in [5.74, 6) is 0.213. The van der Waals surface area contributed by atoms with E-state index in [1.807, 2.05) is 13.8 Å². The second-order valence-corrected chi connectivity index (χ2v) is 8.40. The molecule has 0 spiro atoms. The van der Waals surface area contributed by atoms with Crippen molar-refractivity contribution in [3.05, 3.63) is 70.1 Å². The maximum atomic E-state index is 13.4. The van der Waals surface area contributed by atoms with Crippen LogP contribution >= 0.6 is 0 Å². The fourth-order valence-electron chi connectivity index (χ4n) is 3.66. The van der Waals surface area contributed by atoms with E-state index in [4.69, 9.17) is 9.15 Å². The lowest BCUT2D eigenvalue weighted by Gasteiger charge is -2.30. The van der Waals surface area contributed by atoms with Crippen LogP contribution in [-0.4, -0.2) is 27.0 Å². The first-order chi connectivity index (χ1) is 14.6. The highest BCUT2D eigenvalue weighted by atomic mass is 16.5. The zero-order valence-corrected chi connectivity index (χ0v) is 17.6. The summed E-state index contributed by atoms with van der Waals surface area (Å²) >= 11 is 0. The molecule has 1 atom stereocenters. The molecular formula is C25H24O6. The minimum Gasteiger partial charge on any atom is -0.508 e. The van der Waals surface area contributed by atoms with Crippen LogP contribution in [0.5, 0.6) is 17.2 Å². The van der Waals surface area contributed by atoms with Crippen LogP contribution in [0.15, 0.2) is 58.0 Å². The SMILES string of the molecule is C=C(C)C(O)Cc1c2c(c(O)c3c(=O)c(-c4ccc(O)cc4)coc13)C=CC(C)(C)O2. The van der Waals surface area contributed by atoms with Gasteiger partial charge in [0.1, 0.15) is 40.1 Å². The highest BCUT2D eigenvalue weighted by molar-refractivity contribution is 5.95. The molecule has 6 nitrogen and oxygen atoms in total. The van der Waals surface area contributed by atoms with Gasteiger partial charge in [0.25, 0.3) is 0 Å². The van der Waals surface area contributed by atoms with Crippen molar-refractivity contribution >= 4 is 17.0 Å². The molecule has 3 N–H and O–H groups in total. The Morgan fingerprint density at radius 1 is 1.19 bits per heavy atom. The molecule has 31 heavy (non-hydrogen) atoms. The average Bonchev–Trinajstić information content (AvgIpc) is 2.70. The number of hydrogen-bond acceptors (Lipinski definition) is 6. The number of aromatic hydroxyl groups is 2. The lowest BCUT2D eigenvalue weighted by molar-refractivity contribution is 0.153. The molecule has 2 heterocycles. The number of aliphatic hydroxyl groups excluding tert-OH is 1. The summed E-state index contributed by atoms with van der Waals surface area (Å²) in [5, 5.41) is 31.1. The van der Waals surface area contributed by atoms with Gasteiger partial charge in [-0.1, -0.05) is 24.3 Å². The number of fused-ring (bicyclic) bond motifs is 2. The highest BCUT2D eigenvalue weighted by Gasteiger charge is 2.31. The topological polar surface area (TPSA) is 100 Å². The summed E-state index contributed by atoms with van der Waals surface area (Å²) in [7, 11) is 0. The molecule has 1 aliphatic rings. The molecule has 2 aromatic carbocycles. The largest absolute Gasteiger partial charge is 0.508 e. The normalized spacial score (nSPS) is 15.4. The van der Waals surface area contributed by atoms with Crippen LogP contribution in [0.3, 0.4) is 0 Å². The van der Waals surface area contributed by atoms with Crippen LogP contribution < -0.4 is 10.2 Å². The van der Waals surface area contributed by atoms with E-state index in [9.17, 15) is 20.1 Å². The zero-order chi connectivity index (χ0) is 22.5. The van der Waals surface area contributed by atoms with E-state index in [2.05, 4.69) is 6.58 Å². The summed E-state index contributed by atoms with van der Waals surface area (Å²) in [5.41, 5.74) is 1.31. The Kier molecular flexibility index (Phi) is 4.90. The van der Waals surface area contributed by atoms with Crippen LogP contribution in [-0.2, 0) is 6.42 Å². The molecule has 0 fully saturated rings. The number of phenols is 2. The van der Waals surface area contributed by atoms with E-state index >= 15 is 0 Å². The third kappa shape index (κ3) is 3.59. The zero-order valence-electron chi connectivity index (χ0n) is 17.6. The summed E-state index contributed by atoms with van der Waals surface area (Å²) in [4.78, 5) is 13.4. The van der Waals surface area contributed by atoms with E-state index in [1.165, 1.54) is 18.4 Å². The van der Waals surface area contributed by atoms with Crippen molar-refractivity contribution in [2.45, 2.75) is 38.9 Å². The van der Waals surface area contributed by atoms with Crippen LogP contribution in [0.4, 0.5) is 0 Å². The van der Waals surface area contributed by atoms with Crippen molar-refractivity contribution in [1.29, 1.82) is 0 Å². The Morgan fingerprint density at radius 2 is 1.87 bits per heavy atom. The first-order valence-corrected chi connectivity index (χ1v) is 9.93.